The minimum Gasteiger partial charge on any atom is -0.495 e. The lowest BCUT2D eigenvalue weighted by Gasteiger charge is -2.11. The van der Waals surface area contributed by atoms with Crippen LogP contribution in [0.2, 0.25) is 0 Å². The van der Waals surface area contributed by atoms with E-state index in [2.05, 4.69) is 20.7 Å². The molecule has 2 N–H and O–H groups in total. The van der Waals surface area contributed by atoms with Crippen molar-refractivity contribution in [3.05, 3.63) is 90.9 Å². The summed E-state index contributed by atoms with van der Waals surface area (Å²) < 4.78 is 6.88. The van der Waals surface area contributed by atoms with Crippen molar-refractivity contribution in [2.45, 2.75) is 6.54 Å². The van der Waals surface area contributed by atoms with E-state index in [4.69, 9.17) is 4.74 Å². The van der Waals surface area contributed by atoms with Crippen LogP contribution in [-0.2, 0) is 11.3 Å². The number of hydrogen-bond donors (Lipinski definition) is 2. The Balaban J connectivity index is 1.38. The highest BCUT2D eigenvalue weighted by atomic mass is 16.5. The third-order valence-corrected chi connectivity index (χ3v) is 4.77. The van der Waals surface area contributed by atoms with E-state index < -0.39 is 0 Å². The summed E-state index contributed by atoms with van der Waals surface area (Å²) in [4.78, 5) is 29.1. The van der Waals surface area contributed by atoms with Gasteiger partial charge in [-0.1, -0.05) is 12.1 Å². The van der Waals surface area contributed by atoms with Crippen LogP contribution in [0.25, 0.3) is 11.3 Å². The predicted octanol–water partition coefficient (Wildman–Crippen LogP) is 3.84. The number of para-hydroxylation sites is 2. The number of pyridine rings is 1. The van der Waals surface area contributed by atoms with Crippen molar-refractivity contribution in [1.82, 2.24) is 14.8 Å². The van der Waals surface area contributed by atoms with Crippen LogP contribution < -0.4 is 15.4 Å². The zero-order valence-corrected chi connectivity index (χ0v) is 17.4. The van der Waals surface area contributed by atoms with Gasteiger partial charge in [0.25, 0.3) is 5.91 Å². The van der Waals surface area contributed by atoms with Gasteiger partial charge in [0.15, 0.2) is 0 Å². The van der Waals surface area contributed by atoms with Crippen LogP contribution in [0.4, 0.5) is 11.4 Å². The molecule has 0 aliphatic heterocycles. The first-order valence-electron chi connectivity index (χ1n) is 9.90. The van der Waals surface area contributed by atoms with Crippen molar-refractivity contribution in [1.29, 1.82) is 0 Å². The summed E-state index contributed by atoms with van der Waals surface area (Å²) in [6, 6.07) is 19.4. The highest BCUT2D eigenvalue weighted by Gasteiger charge is 2.12. The number of rotatable bonds is 7. The summed E-state index contributed by atoms with van der Waals surface area (Å²) in [7, 11) is 1.55. The van der Waals surface area contributed by atoms with Gasteiger partial charge in [0.2, 0.25) is 5.91 Å². The summed E-state index contributed by atoms with van der Waals surface area (Å²) in [6.07, 6.45) is 5.04. The number of nitrogens with one attached hydrogen (secondary N) is 2. The quantitative estimate of drug-likeness (QED) is 0.467. The third kappa shape index (κ3) is 4.81. The molecule has 2 heterocycles. The summed E-state index contributed by atoms with van der Waals surface area (Å²) in [6.45, 7) is 0.0562. The van der Waals surface area contributed by atoms with Gasteiger partial charge in [-0.3, -0.25) is 19.3 Å². The van der Waals surface area contributed by atoms with Crippen molar-refractivity contribution in [2.24, 2.45) is 0 Å². The number of carbonyl (C=O) groups excluding carboxylic acids is 2. The molecule has 0 saturated carbocycles. The van der Waals surface area contributed by atoms with Gasteiger partial charge < -0.3 is 15.4 Å². The minimum absolute atomic E-state index is 0.0562. The Hall–Kier alpha value is -4.46. The fraction of sp³-hybridized carbons (Fsp3) is 0.0833. The molecule has 32 heavy (non-hydrogen) atoms. The van der Waals surface area contributed by atoms with Crippen molar-refractivity contribution < 1.29 is 14.3 Å². The molecule has 0 saturated heterocycles. The number of methoxy groups -OCH3 is 1. The van der Waals surface area contributed by atoms with Gasteiger partial charge in [0, 0.05) is 35.4 Å². The van der Waals surface area contributed by atoms with Crippen molar-refractivity contribution in [3.8, 4) is 17.0 Å². The van der Waals surface area contributed by atoms with Gasteiger partial charge in [-0.2, -0.15) is 5.10 Å². The fourth-order valence-corrected chi connectivity index (χ4v) is 3.21. The molecule has 0 aliphatic carbocycles. The average molecular weight is 427 g/mol. The Morgan fingerprint density at radius 3 is 2.41 bits per heavy atom. The number of carbonyl (C=O) groups is 2. The van der Waals surface area contributed by atoms with Gasteiger partial charge in [-0.05, 0) is 54.6 Å². The Labute approximate surface area is 184 Å². The van der Waals surface area contributed by atoms with Crippen LogP contribution in [0, 0.1) is 0 Å². The Morgan fingerprint density at radius 2 is 1.66 bits per heavy atom. The van der Waals surface area contributed by atoms with E-state index in [9.17, 15) is 9.59 Å². The lowest BCUT2D eigenvalue weighted by molar-refractivity contribution is -0.116. The smallest absolute Gasteiger partial charge is 0.255 e. The molecule has 8 nitrogen and oxygen atoms in total. The van der Waals surface area contributed by atoms with Gasteiger partial charge >= 0.3 is 0 Å². The highest BCUT2D eigenvalue weighted by Crippen LogP contribution is 2.24. The Kier molecular flexibility index (Phi) is 6.22. The molecule has 2 amide bonds. The van der Waals surface area contributed by atoms with E-state index in [1.54, 1.807) is 66.8 Å². The maximum atomic E-state index is 12.5. The standard InChI is InChI=1S/C24H21N5O3/c1-32-22-5-3-2-4-20(22)28-24(31)18-6-8-19(9-7-18)27-23(30)16-29-21(12-15-26-29)17-10-13-25-14-11-17/h2-15H,16H2,1H3,(H,27,30)(H,28,31). The summed E-state index contributed by atoms with van der Waals surface area (Å²) in [5.74, 6) is 0.0793. The van der Waals surface area contributed by atoms with Crippen LogP contribution >= 0.6 is 0 Å². The Morgan fingerprint density at radius 1 is 0.906 bits per heavy atom. The first-order valence-corrected chi connectivity index (χ1v) is 9.90. The average Bonchev–Trinajstić information content (AvgIpc) is 3.28. The molecule has 0 bridgehead atoms. The van der Waals surface area contributed by atoms with Crippen molar-refractivity contribution in [2.75, 3.05) is 17.7 Å². The van der Waals surface area contributed by atoms with Gasteiger partial charge in [0.05, 0.1) is 18.5 Å². The second-order valence-corrected chi connectivity index (χ2v) is 6.89. The van der Waals surface area contributed by atoms with E-state index in [1.165, 1.54) is 0 Å². The molecule has 0 radical (unpaired) electrons. The van der Waals surface area contributed by atoms with Crippen LogP contribution in [0.15, 0.2) is 85.3 Å². The number of anilines is 2. The summed E-state index contributed by atoms with van der Waals surface area (Å²) in [5.41, 5.74) is 3.38. The van der Waals surface area contributed by atoms with E-state index in [-0.39, 0.29) is 18.4 Å². The zero-order chi connectivity index (χ0) is 22.3. The first kappa shape index (κ1) is 20.8. The van der Waals surface area contributed by atoms with Gasteiger partial charge in [-0.15, -0.1) is 0 Å². The zero-order valence-electron chi connectivity index (χ0n) is 17.4. The molecule has 160 valence electrons. The van der Waals surface area contributed by atoms with Gasteiger partial charge in [-0.25, -0.2) is 0 Å². The minimum atomic E-state index is -0.272. The Bertz CT molecular complexity index is 1220. The molecular formula is C24H21N5O3. The van der Waals surface area contributed by atoms with Crippen LogP contribution in [0.5, 0.6) is 5.75 Å². The second kappa shape index (κ2) is 9.57. The number of benzene rings is 2. The molecule has 0 atom stereocenters. The number of ether oxygens (including phenoxy) is 1. The van der Waals surface area contributed by atoms with Crippen LogP contribution in [-0.4, -0.2) is 33.7 Å². The number of hydrogen-bond acceptors (Lipinski definition) is 5. The third-order valence-electron chi connectivity index (χ3n) is 4.77. The highest BCUT2D eigenvalue weighted by molar-refractivity contribution is 6.05. The molecule has 0 aliphatic rings. The monoisotopic (exact) mass is 427 g/mol. The molecule has 0 unspecified atom stereocenters. The van der Waals surface area contributed by atoms with E-state index >= 15 is 0 Å². The van der Waals surface area contributed by atoms with E-state index in [0.717, 1.165) is 11.3 Å². The topological polar surface area (TPSA) is 98.1 Å². The molecule has 8 heteroatoms. The van der Waals surface area contributed by atoms with Crippen LogP contribution in [0.3, 0.4) is 0 Å². The fourth-order valence-electron chi connectivity index (χ4n) is 3.21. The van der Waals surface area contributed by atoms with Crippen molar-refractivity contribution in [3.63, 3.8) is 0 Å². The molecule has 0 fully saturated rings. The molecular weight excluding hydrogens is 406 g/mol. The lowest BCUT2D eigenvalue weighted by atomic mass is 10.2. The van der Waals surface area contributed by atoms with Crippen molar-refractivity contribution >= 4 is 23.2 Å². The number of aromatic nitrogens is 3. The largest absolute Gasteiger partial charge is 0.495 e. The van der Waals surface area contributed by atoms with Crippen LogP contribution in [0.1, 0.15) is 10.4 Å². The maximum Gasteiger partial charge on any atom is 0.255 e. The number of amides is 2. The van der Waals surface area contributed by atoms with Gasteiger partial charge in [0.1, 0.15) is 12.3 Å². The first-order chi connectivity index (χ1) is 15.6. The summed E-state index contributed by atoms with van der Waals surface area (Å²) in [5, 5.41) is 9.89. The number of nitrogens with zero attached hydrogens (tertiary/aromatic N) is 3. The molecule has 4 aromatic rings. The molecule has 4 rings (SSSR count). The predicted molar refractivity (Wildman–Crippen MR) is 121 cm³/mol. The van der Waals surface area contributed by atoms with E-state index in [0.29, 0.717) is 22.7 Å². The normalized spacial score (nSPS) is 10.4. The second-order valence-electron chi connectivity index (χ2n) is 6.89. The molecule has 2 aromatic carbocycles. The maximum absolute atomic E-state index is 12.5. The lowest BCUT2D eigenvalue weighted by Crippen LogP contribution is -2.20. The summed E-state index contributed by atoms with van der Waals surface area (Å²) >= 11 is 0. The molecule has 2 aromatic heterocycles. The molecule has 0 spiro atoms. The van der Waals surface area contributed by atoms with E-state index in [1.807, 2.05) is 30.3 Å². The SMILES string of the molecule is COc1ccccc1NC(=O)c1ccc(NC(=O)Cn2nccc2-c2ccncc2)cc1.